The lowest BCUT2D eigenvalue weighted by Crippen LogP contribution is -2.33. The topological polar surface area (TPSA) is 71.5 Å². The van der Waals surface area contributed by atoms with Crippen molar-refractivity contribution in [2.45, 2.75) is 19.9 Å². The maximum atomic E-state index is 13.2. The number of Topliss-reactive ketones (excluding diaryl/α,β-unsaturated/α-hetero) is 1. The van der Waals surface area contributed by atoms with E-state index >= 15 is 0 Å². The zero-order chi connectivity index (χ0) is 31.1. The van der Waals surface area contributed by atoms with Gasteiger partial charge in [-0.15, -0.1) is 0 Å². The highest BCUT2D eigenvalue weighted by Crippen LogP contribution is 2.39. The van der Waals surface area contributed by atoms with Crippen molar-refractivity contribution in [3.63, 3.8) is 0 Å². The predicted molar refractivity (Wildman–Crippen MR) is 176 cm³/mol. The summed E-state index contributed by atoms with van der Waals surface area (Å²) in [6.45, 7) is 7.54. The van der Waals surface area contributed by atoms with Crippen LogP contribution in [0.3, 0.4) is 0 Å². The van der Waals surface area contributed by atoms with Gasteiger partial charge in [-0.25, -0.2) is 0 Å². The summed E-state index contributed by atoms with van der Waals surface area (Å²) in [6, 6.07) is 23.4. The number of nitrogens with zero attached hydrogens (tertiary/aromatic N) is 2. The molecular formula is C37H40N2O5. The molecule has 3 aromatic carbocycles. The Kier molecular flexibility index (Phi) is 9.87. The maximum absolute atomic E-state index is 13.2. The van der Waals surface area contributed by atoms with Crippen LogP contribution in [-0.2, 0) is 4.79 Å². The molecule has 228 valence electrons. The van der Waals surface area contributed by atoms with Crippen molar-refractivity contribution in [2.75, 3.05) is 51.9 Å². The minimum Gasteiger partial charge on any atom is -0.506 e. The number of allylic oxidation sites excluding steroid dienone is 5. The molecule has 7 nitrogen and oxygen atoms in total. The van der Waals surface area contributed by atoms with Gasteiger partial charge in [-0.3, -0.25) is 9.69 Å². The van der Waals surface area contributed by atoms with Crippen molar-refractivity contribution in [1.82, 2.24) is 4.90 Å². The fourth-order valence-corrected chi connectivity index (χ4v) is 5.27. The minimum atomic E-state index is -0.141. The van der Waals surface area contributed by atoms with Crippen LogP contribution in [0.25, 0.3) is 5.57 Å². The number of ketones is 1. The van der Waals surface area contributed by atoms with Crippen LogP contribution in [0.15, 0.2) is 114 Å². The summed E-state index contributed by atoms with van der Waals surface area (Å²) in [5.41, 5.74) is 4.40. The molecule has 0 amide bonds. The van der Waals surface area contributed by atoms with E-state index in [0.717, 1.165) is 48.1 Å². The third kappa shape index (κ3) is 7.06. The number of anilines is 1. The van der Waals surface area contributed by atoms with Crippen molar-refractivity contribution in [1.29, 1.82) is 0 Å². The lowest BCUT2D eigenvalue weighted by Gasteiger charge is -2.27. The van der Waals surface area contributed by atoms with Gasteiger partial charge >= 0.3 is 0 Å². The molecule has 0 saturated carbocycles. The van der Waals surface area contributed by atoms with Gasteiger partial charge in [0.1, 0.15) is 36.2 Å². The summed E-state index contributed by atoms with van der Waals surface area (Å²) < 4.78 is 16.9. The van der Waals surface area contributed by atoms with Crippen LogP contribution in [0.4, 0.5) is 5.69 Å². The zero-order valence-corrected chi connectivity index (χ0v) is 25.8. The number of hydrogen-bond donors (Lipinski definition) is 1. The van der Waals surface area contributed by atoms with Crippen LogP contribution in [0.2, 0.25) is 0 Å². The smallest absolute Gasteiger partial charge is 0.201 e. The van der Waals surface area contributed by atoms with E-state index in [-0.39, 0.29) is 17.6 Å². The second-order valence-corrected chi connectivity index (χ2v) is 10.9. The molecule has 0 aromatic heterocycles. The van der Waals surface area contributed by atoms with E-state index in [4.69, 9.17) is 14.2 Å². The number of carbonyl (C=O) groups excluding carboxylic acids is 1. The van der Waals surface area contributed by atoms with Crippen LogP contribution in [0.1, 0.15) is 18.1 Å². The van der Waals surface area contributed by atoms with Crippen molar-refractivity contribution in [2.24, 2.45) is 0 Å². The Morgan fingerprint density at radius 2 is 1.34 bits per heavy atom. The summed E-state index contributed by atoms with van der Waals surface area (Å²) in [5.74, 6) is 2.35. The van der Waals surface area contributed by atoms with E-state index in [2.05, 4.69) is 23.6 Å². The first-order valence-electron chi connectivity index (χ1n) is 15.0. The van der Waals surface area contributed by atoms with Crippen LogP contribution in [-0.4, -0.2) is 68.8 Å². The largest absolute Gasteiger partial charge is 0.506 e. The zero-order valence-electron chi connectivity index (χ0n) is 25.8. The second kappa shape index (κ2) is 14.1. The molecule has 1 N–H and O–H groups in total. The van der Waals surface area contributed by atoms with Gasteiger partial charge in [-0.1, -0.05) is 54.1 Å². The van der Waals surface area contributed by atoms with E-state index < -0.39 is 0 Å². The summed E-state index contributed by atoms with van der Waals surface area (Å²) in [6.07, 6.45) is 7.88. The summed E-state index contributed by atoms with van der Waals surface area (Å²) >= 11 is 0. The molecule has 0 aliphatic heterocycles. The standard InChI is InChI=1S/C37H40N2O5/c1-5-39(23-25-44-32-16-6-26(2)7-17-32)30-14-10-28(11-15-30)35-36(40)34(37(35)41)27-8-12-29(13-9-27)38(3)22-24-43-33-20-18-31(42-4)19-21-33/h6-21,29,40H,5,22-25H2,1-4H3. The van der Waals surface area contributed by atoms with Crippen LogP contribution in [0.5, 0.6) is 17.2 Å². The second-order valence-electron chi connectivity index (χ2n) is 10.9. The van der Waals surface area contributed by atoms with E-state index in [1.807, 2.05) is 104 Å². The number of ether oxygens (including phenoxy) is 3. The lowest BCUT2D eigenvalue weighted by atomic mass is 9.80. The molecule has 2 aliphatic carbocycles. The molecule has 3 aromatic rings. The molecule has 2 aliphatic rings. The highest BCUT2D eigenvalue weighted by molar-refractivity contribution is 6.39. The Morgan fingerprint density at radius 3 is 1.91 bits per heavy atom. The van der Waals surface area contributed by atoms with Crippen molar-refractivity contribution in [3.8, 4) is 17.2 Å². The Labute approximate surface area is 260 Å². The average molecular weight is 593 g/mol. The molecule has 44 heavy (non-hydrogen) atoms. The van der Waals surface area contributed by atoms with Crippen molar-refractivity contribution >= 4 is 17.0 Å². The Balaban J connectivity index is 1.15. The quantitative estimate of drug-likeness (QED) is 0.225. The maximum Gasteiger partial charge on any atom is 0.201 e. The predicted octanol–water partition coefficient (Wildman–Crippen LogP) is 6.56. The highest BCUT2D eigenvalue weighted by Gasteiger charge is 2.36. The van der Waals surface area contributed by atoms with Gasteiger partial charge in [0, 0.05) is 24.8 Å². The number of hydrogen-bond acceptors (Lipinski definition) is 7. The van der Waals surface area contributed by atoms with Crippen LogP contribution < -0.4 is 19.1 Å². The molecule has 0 unspecified atom stereocenters. The number of rotatable bonds is 13. The molecule has 0 spiro atoms. The fraction of sp³-hybridized carbons (Fsp3) is 0.270. The molecule has 0 atom stereocenters. The van der Waals surface area contributed by atoms with E-state index in [1.165, 1.54) is 5.56 Å². The Hall–Kier alpha value is -4.75. The molecule has 5 rings (SSSR count). The molecular weight excluding hydrogens is 552 g/mol. The highest BCUT2D eigenvalue weighted by atomic mass is 16.5. The van der Waals surface area contributed by atoms with Crippen LogP contribution in [0, 0.1) is 6.92 Å². The van der Waals surface area contributed by atoms with Gasteiger partial charge in [-0.05, 0) is 80.6 Å². The number of methoxy groups -OCH3 is 1. The average Bonchev–Trinajstić information content (AvgIpc) is 3.05. The van der Waals surface area contributed by atoms with Gasteiger partial charge < -0.3 is 24.2 Å². The fourth-order valence-electron chi connectivity index (χ4n) is 5.27. The molecule has 0 heterocycles. The third-order valence-corrected chi connectivity index (χ3v) is 8.00. The van der Waals surface area contributed by atoms with E-state index in [1.54, 1.807) is 7.11 Å². The van der Waals surface area contributed by atoms with E-state index in [0.29, 0.717) is 29.9 Å². The number of aliphatic hydroxyl groups is 1. The molecule has 0 saturated heterocycles. The summed E-state index contributed by atoms with van der Waals surface area (Å²) in [4.78, 5) is 17.6. The SMILES string of the molecule is CCN(CCOc1ccc(C)cc1)c1ccc(C2=C(O)C(=C3C=CC(N(C)CCOc4ccc(OC)cc4)C=C3)C2=O)cc1. The van der Waals surface area contributed by atoms with Crippen molar-refractivity contribution in [3.05, 3.63) is 125 Å². The Bertz CT molecular complexity index is 1550. The number of aliphatic hydroxyl groups excluding tert-OH is 1. The first-order valence-corrected chi connectivity index (χ1v) is 15.0. The summed E-state index contributed by atoms with van der Waals surface area (Å²) in [5, 5.41) is 10.9. The number of benzene rings is 3. The number of aryl methyl sites for hydroxylation is 1. The van der Waals surface area contributed by atoms with Gasteiger partial charge in [0.05, 0.1) is 24.8 Å². The third-order valence-electron chi connectivity index (χ3n) is 8.00. The first-order chi connectivity index (χ1) is 21.4. The molecule has 7 heteroatoms. The molecule has 0 radical (unpaired) electrons. The minimum absolute atomic E-state index is 0.0468. The van der Waals surface area contributed by atoms with Crippen LogP contribution >= 0.6 is 0 Å². The monoisotopic (exact) mass is 592 g/mol. The number of carbonyl (C=O) groups is 1. The molecule has 0 fully saturated rings. The lowest BCUT2D eigenvalue weighted by molar-refractivity contribution is -0.111. The van der Waals surface area contributed by atoms with Gasteiger partial charge in [0.15, 0.2) is 0 Å². The van der Waals surface area contributed by atoms with E-state index in [9.17, 15) is 9.90 Å². The number of likely N-dealkylation sites (N-methyl/N-ethyl adjacent to an activating group) is 2. The van der Waals surface area contributed by atoms with Gasteiger partial charge in [-0.2, -0.15) is 0 Å². The Morgan fingerprint density at radius 1 is 0.773 bits per heavy atom. The summed E-state index contributed by atoms with van der Waals surface area (Å²) in [7, 11) is 3.67. The van der Waals surface area contributed by atoms with Crippen molar-refractivity contribution < 1.29 is 24.1 Å². The molecule has 0 bridgehead atoms. The van der Waals surface area contributed by atoms with Gasteiger partial charge in [0.2, 0.25) is 5.78 Å². The normalized spacial score (nSPS) is 15.9. The van der Waals surface area contributed by atoms with Gasteiger partial charge in [0.25, 0.3) is 0 Å². The first kappa shape index (κ1) is 30.7.